The lowest BCUT2D eigenvalue weighted by atomic mass is 10.1. The summed E-state index contributed by atoms with van der Waals surface area (Å²) in [4.78, 5) is 14.4. The molecule has 1 N–H and O–H groups in total. The van der Waals surface area contributed by atoms with Gasteiger partial charge >= 0.3 is 0 Å². The van der Waals surface area contributed by atoms with Crippen LogP contribution in [0.1, 0.15) is 42.9 Å². The fourth-order valence-electron chi connectivity index (χ4n) is 2.33. The van der Waals surface area contributed by atoms with Crippen molar-refractivity contribution in [1.82, 2.24) is 14.7 Å². The molecule has 2 unspecified atom stereocenters. The third kappa shape index (κ3) is 2.86. The Kier molecular flexibility index (Phi) is 4.45. The molecule has 0 radical (unpaired) electrons. The van der Waals surface area contributed by atoms with Gasteiger partial charge in [0.25, 0.3) is 5.91 Å². The molecule has 6 nitrogen and oxygen atoms in total. The summed E-state index contributed by atoms with van der Waals surface area (Å²) >= 11 is 0. The van der Waals surface area contributed by atoms with E-state index in [1.807, 2.05) is 13.0 Å². The van der Waals surface area contributed by atoms with Gasteiger partial charge in [0.2, 0.25) is 0 Å². The molecule has 0 saturated carbocycles. The number of amides is 1. The highest BCUT2D eigenvalue weighted by molar-refractivity contribution is 5.93. The van der Waals surface area contributed by atoms with E-state index < -0.39 is 0 Å². The van der Waals surface area contributed by atoms with Crippen molar-refractivity contribution in [3.8, 4) is 0 Å². The molecule has 1 aromatic heterocycles. The number of aromatic nitrogens is 2. The van der Waals surface area contributed by atoms with E-state index in [4.69, 9.17) is 4.74 Å². The van der Waals surface area contributed by atoms with Crippen LogP contribution < -0.4 is 0 Å². The molecular weight excluding hydrogens is 258 g/mol. The molecule has 2 heterocycles. The molecule has 1 aliphatic rings. The monoisotopic (exact) mass is 281 g/mol. The number of ether oxygens (including phenoxy) is 1. The summed E-state index contributed by atoms with van der Waals surface area (Å²) in [5.74, 6) is 0.233. The fourth-order valence-corrected chi connectivity index (χ4v) is 2.33. The van der Waals surface area contributed by atoms with Gasteiger partial charge in [0.15, 0.2) is 0 Å². The standard InChI is InChI=1S/C14H23N3O3/c1-9(2)12-5-13(16(4)15-12)14(19)17-6-11(7-18)20-8-10(17)3/h5,9-11,18H,6-8H2,1-4H3. The normalized spacial score (nSPS) is 23.4. The van der Waals surface area contributed by atoms with Crippen molar-refractivity contribution in [2.75, 3.05) is 19.8 Å². The van der Waals surface area contributed by atoms with Crippen molar-refractivity contribution < 1.29 is 14.6 Å². The topological polar surface area (TPSA) is 67.6 Å². The zero-order valence-electron chi connectivity index (χ0n) is 12.5. The summed E-state index contributed by atoms with van der Waals surface area (Å²) in [6, 6.07) is 1.85. The second-order valence-corrected chi connectivity index (χ2v) is 5.68. The third-order valence-corrected chi connectivity index (χ3v) is 3.68. The minimum absolute atomic E-state index is 0.00250. The van der Waals surface area contributed by atoms with Crippen LogP contribution >= 0.6 is 0 Å². The third-order valence-electron chi connectivity index (χ3n) is 3.68. The molecule has 0 aliphatic carbocycles. The molecule has 20 heavy (non-hydrogen) atoms. The molecular formula is C14H23N3O3. The highest BCUT2D eigenvalue weighted by Gasteiger charge is 2.31. The number of hydrogen-bond donors (Lipinski definition) is 1. The maximum absolute atomic E-state index is 12.7. The lowest BCUT2D eigenvalue weighted by Gasteiger charge is -2.37. The Labute approximate surface area is 119 Å². The number of hydrogen-bond acceptors (Lipinski definition) is 4. The van der Waals surface area contributed by atoms with Gasteiger partial charge in [0.05, 0.1) is 31.1 Å². The summed E-state index contributed by atoms with van der Waals surface area (Å²) in [6.45, 7) is 6.85. The largest absolute Gasteiger partial charge is 0.394 e. The minimum atomic E-state index is -0.298. The number of carbonyl (C=O) groups is 1. The first-order chi connectivity index (χ1) is 9.43. The molecule has 1 saturated heterocycles. The molecule has 1 amide bonds. The van der Waals surface area contributed by atoms with Gasteiger partial charge in [-0.05, 0) is 18.9 Å². The van der Waals surface area contributed by atoms with Crippen molar-refractivity contribution in [3.63, 3.8) is 0 Å². The maximum Gasteiger partial charge on any atom is 0.272 e. The molecule has 0 bridgehead atoms. The molecule has 1 fully saturated rings. The van der Waals surface area contributed by atoms with E-state index in [0.717, 1.165) is 5.69 Å². The second kappa shape index (κ2) is 5.93. The van der Waals surface area contributed by atoms with E-state index >= 15 is 0 Å². The summed E-state index contributed by atoms with van der Waals surface area (Å²) < 4.78 is 7.10. The van der Waals surface area contributed by atoms with Crippen LogP contribution in [0.15, 0.2) is 6.07 Å². The van der Waals surface area contributed by atoms with E-state index in [1.165, 1.54) is 0 Å². The van der Waals surface area contributed by atoms with E-state index in [9.17, 15) is 9.90 Å². The van der Waals surface area contributed by atoms with Crippen LogP contribution in [0, 0.1) is 0 Å². The van der Waals surface area contributed by atoms with Crippen LogP contribution in [0.4, 0.5) is 0 Å². The molecule has 2 rings (SSSR count). The molecule has 0 spiro atoms. The number of aliphatic hydroxyl groups excluding tert-OH is 1. The Balaban J connectivity index is 2.21. The average molecular weight is 281 g/mol. The van der Waals surface area contributed by atoms with Gasteiger partial charge in [-0.25, -0.2) is 0 Å². The zero-order valence-corrected chi connectivity index (χ0v) is 12.5. The maximum atomic E-state index is 12.7. The predicted molar refractivity (Wildman–Crippen MR) is 74.6 cm³/mol. The first-order valence-electron chi connectivity index (χ1n) is 7.01. The van der Waals surface area contributed by atoms with E-state index in [1.54, 1.807) is 16.6 Å². The zero-order chi connectivity index (χ0) is 14.9. The number of nitrogens with zero attached hydrogens (tertiary/aromatic N) is 3. The van der Waals surface area contributed by atoms with Gasteiger partial charge in [-0.2, -0.15) is 5.10 Å². The quantitative estimate of drug-likeness (QED) is 0.888. The lowest BCUT2D eigenvalue weighted by molar-refractivity contribution is -0.0669. The molecule has 112 valence electrons. The van der Waals surface area contributed by atoms with E-state index in [-0.39, 0.29) is 30.6 Å². The Bertz CT molecular complexity index is 484. The SMILES string of the molecule is CC(C)c1cc(C(=O)N2CC(CO)OCC2C)n(C)n1. The van der Waals surface area contributed by atoms with Gasteiger partial charge in [0, 0.05) is 13.6 Å². The van der Waals surface area contributed by atoms with Gasteiger partial charge in [0.1, 0.15) is 5.69 Å². The highest BCUT2D eigenvalue weighted by Crippen LogP contribution is 2.18. The number of aryl methyl sites for hydroxylation is 1. The van der Waals surface area contributed by atoms with Crippen molar-refractivity contribution >= 4 is 5.91 Å². The van der Waals surface area contributed by atoms with E-state index in [0.29, 0.717) is 18.8 Å². The Morgan fingerprint density at radius 1 is 1.60 bits per heavy atom. The van der Waals surface area contributed by atoms with Crippen LogP contribution in [0.5, 0.6) is 0 Å². The van der Waals surface area contributed by atoms with Gasteiger partial charge in [-0.1, -0.05) is 13.8 Å². The number of rotatable bonds is 3. The first-order valence-corrected chi connectivity index (χ1v) is 7.01. The van der Waals surface area contributed by atoms with Crippen molar-refractivity contribution in [2.24, 2.45) is 7.05 Å². The highest BCUT2D eigenvalue weighted by atomic mass is 16.5. The van der Waals surface area contributed by atoms with Crippen molar-refractivity contribution in [3.05, 3.63) is 17.5 Å². The van der Waals surface area contributed by atoms with Crippen molar-refractivity contribution in [1.29, 1.82) is 0 Å². The van der Waals surface area contributed by atoms with Crippen molar-refractivity contribution in [2.45, 2.75) is 38.8 Å². The Morgan fingerprint density at radius 3 is 2.85 bits per heavy atom. The summed E-state index contributed by atoms with van der Waals surface area (Å²) in [5, 5.41) is 13.6. The van der Waals surface area contributed by atoms with Gasteiger partial charge < -0.3 is 14.7 Å². The molecule has 6 heteroatoms. The average Bonchev–Trinajstić information content (AvgIpc) is 2.81. The fraction of sp³-hybridized carbons (Fsp3) is 0.714. The Hall–Kier alpha value is -1.40. The lowest BCUT2D eigenvalue weighted by Crippen LogP contribution is -2.52. The molecule has 0 aromatic carbocycles. The summed E-state index contributed by atoms with van der Waals surface area (Å²) in [7, 11) is 1.79. The van der Waals surface area contributed by atoms with E-state index in [2.05, 4.69) is 18.9 Å². The minimum Gasteiger partial charge on any atom is -0.394 e. The van der Waals surface area contributed by atoms with Crippen LogP contribution in [-0.4, -0.2) is 57.6 Å². The summed E-state index contributed by atoms with van der Waals surface area (Å²) in [6.07, 6.45) is -0.298. The van der Waals surface area contributed by atoms with Crippen LogP contribution in [0.25, 0.3) is 0 Å². The van der Waals surface area contributed by atoms with Gasteiger partial charge in [-0.15, -0.1) is 0 Å². The van der Waals surface area contributed by atoms with Crippen LogP contribution in [-0.2, 0) is 11.8 Å². The Morgan fingerprint density at radius 2 is 2.30 bits per heavy atom. The molecule has 1 aromatic rings. The van der Waals surface area contributed by atoms with Crippen LogP contribution in [0.3, 0.4) is 0 Å². The van der Waals surface area contributed by atoms with Crippen LogP contribution in [0.2, 0.25) is 0 Å². The molecule has 2 atom stereocenters. The smallest absolute Gasteiger partial charge is 0.272 e. The first kappa shape index (κ1) is 15.0. The van der Waals surface area contributed by atoms with Gasteiger partial charge in [-0.3, -0.25) is 9.48 Å². The number of carbonyl (C=O) groups excluding carboxylic acids is 1. The number of morpholine rings is 1. The molecule has 1 aliphatic heterocycles. The number of aliphatic hydroxyl groups is 1. The predicted octanol–water partition coefficient (Wildman–Crippen LogP) is 0.765. The second-order valence-electron chi connectivity index (χ2n) is 5.68. The summed E-state index contributed by atoms with van der Waals surface area (Å²) in [5.41, 5.74) is 1.50.